The van der Waals surface area contributed by atoms with Crippen LogP contribution in [0.15, 0.2) is 11.6 Å². The lowest BCUT2D eigenvalue weighted by molar-refractivity contribution is -0.213. The summed E-state index contributed by atoms with van der Waals surface area (Å²) in [6, 6.07) is 0. The van der Waals surface area contributed by atoms with Gasteiger partial charge in [-0.1, -0.05) is 32.4 Å². The molecule has 0 bridgehead atoms. The molecule has 2 heterocycles. The van der Waals surface area contributed by atoms with E-state index < -0.39 is 30.1 Å². The Labute approximate surface area is 179 Å². The van der Waals surface area contributed by atoms with Crippen molar-refractivity contribution in [3.05, 3.63) is 11.6 Å². The fraction of sp³-hybridized carbons (Fsp3) is 0.833. The monoisotopic (exact) mass is 420 g/mol. The quantitative estimate of drug-likeness (QED) is 0.378. The lowest BCUT2D eigenvalue weighted by Gasteiger charge is -2.58. The molecule has 1 spiro atoms. The van der Waals surface area contributed by atoms with Crippen molar-refractivity contribution in [3.8, 4) is 0 Å². The minimum absolute atomic E-state index is 0.0663. The molecule has 1 saturated carbocycles. The minimum atomic E-state index is -0.828. The highest BCUT2D eigenvalue weighted by Gasteiger charge is 2.71. The Morgan fingerprint density at radius 3 is 2.53 bits per heavy atom. The summed E-state index contributed by atoms with van der Waals surface area (Å²) in [6.45, 7) is 12.2. The number of hydrogen-bond donors (Lipinski definition) is 0. The predicted molar refractivity (Wildman–Crippen MR) is 110 cm³/mol. The summed E-state index contributed by atoms with van der Waals surface area (Å²) in [5.41, 5.74) is 1.18. The molecule has 4 rings (SSSR count). The molecule has 2 saturated heterocycles. The highest BCUT2D eigenvalue weighted by Crippen LogP contribution is 2.64. The zero-order valence-electron chi connectivity index (χ0n) is 19.2. The molecule has 0 N–H and O–H groups in total. The molecule has 6 nitrogen and oxygen atoms in total. The van der Waals surface area contributed by atoms with Gasteiger partial charge in [0.15, 0.2) is 5.60 Å². The summed E-state index contributed by atoms with van der Waals surface area (Å²) < 4.78 is 22.7. The van der Waals surface area contributed by atoms with Crippen molar-refractivity contribution in [3.63, 3.8) is 0 Å². The van der Waals surface area contributed by atoms with E-state index in [2.05, 4.69) is 33.8 Å². The van der Waals surface area contributed by atoms with Crippen LogP contribution in [-0.4, -0.2) is 36.2 Å². The van der Waals surface area contributed by atoms with Crippen molar-refractivity contribution in [1.29, 1.82) is 0 Å². The van der Waals surface area contributed by atoms with Gasteiger partial charge in [0.2, 0.25) is 12.6 Å². The maximum atomic E-state index is 11.7. The summed E-state index contributed by atoms with van der Waals surface area (Å²) in [7, 11) is 0. The number of esters is 2. The van der Waals surface area contributed by atoms with Crippen molar-refractivity contribution >= 4 is 11.9 Å². The van der Waals surface area contributed by atoms with Crippen LogP contribution in [0, 0.1) is 22.7 Å². The summed E-state index contributed by atoms with van der Waals surface area (Å²) in [5.74, 6) is 0.346. The van der Waals surface area contributed by atoms with Crippen LogP contribution in [-0.2, 0) is 28.5 Å². The van der Waals surface area contributed by atoms with Crippen molar-refractivity contribution in [2.45, 2.75) is 104 Å². The Bertz CT molecular complexity index is 761. The molecule has 0 radical (unpaired) electrons. The summed E-state index contributed by atoms with van der Waals surface area (Å²) in [5, 5.41) is 0. The molecule has 0 amide bonds. The highest BCUT2D eigenvalue weighted by atomic mass is 16.8. The van der Waals surface area contributed by atoms with E-state index in [1.807, 2.05) is 0 Å². The Hall–Kier alpha value is -1.40. The van der Waals surface area contributed by atoms with E-state index in [0.717, 1.165) is 12.8 Å². The first-order valence-electron chi connectivity index (χ1n) is 11.4. The second kappa shape index (κ2) is 7.33. The van der Waals surface area contributed by atoms with Gasteiger partial charge in [0.1, 0.15) is 0 Å². The van der Waals surface area contributed by atoms with Crippen LogP contribution >= 0.6 is 0 Å². The van der Waals surface area contributed by atoms with Gasteiger partial charge >= 0.3 is 11.9 Å². The molecule has 4 aliphatic rings. The number of ether oxygens (including phenoxy) is 4. The number of carbonyl (C=O) groups excluding carboxylic acids is 2. The van der Waals surface area contributed by atoms with Gasteiger partial charge in [0.25, 0.3) is 0 Å². The zero-order chi connectivity index (χ0) is 21.9. The number of hydrogen-bond acceptors (Lipinski definition) is 6. The summed E-state index contributed by atoms with van der Waals surface area (Å²) in [4.78, 5) is 23.1. The van der Waals surface area contributed by atoms with Crippen LogP contribution in [0.4, 0.5) is 0 Å². The fourth-order valence-corrected chi connectivity index (χ4v) is 6.68. The molecule has 8 atom stereocenters. The van der Waals surface area contributed by atoms with Crippen LogP contribution in [0.5, 0.6) is 0 Å². The van der Waals surface area contributed by atoms with E-state index in [1.165, 1.54) is 38.7 Å². The second-order valence-corrected chi connectivity index (χ2v) is 10.5. The fourth-order valence-electron chi connectivity index (χ4n) is 6.68. The lowest BCUT2D eigenvalue weighted by atomic mass is 9.47. The molecule has 30 heavy (non-hydrogen) atoms. The van der Waals surface area contributed by atoms with Gasteiger partial charge in [-0.25, -0.2) is 0 Å². The van der Waals surface area contributed by atoms with Crippen LogP contribution in [0.1, 0.15) is 80.1 Å². The largest absolute Gasteiger partial charge is 0.436 e. The van der Waals surface area contributed by atoms with E-state index in [-0.39, 0.29) is 16.9 Å². The number of carbonyl (C=O) groups is 2. The van der Waals surface area contributed by atoms with E-state index in [4.69, 9.17) is 18.9 Å². The number of fused-ring (bicyclic) bond motifs is 1. The minimum Gasteiger partial charge on any atom is -0.436 e. The normalized spacial score (nSPS) is 47.4. The van der Waals surface area contributed by atoms with E-state index in [0.29, 0.717) is 18.3 Å². The van der Waals surface area contributed by atoms with Gasteiger partial charge in [-0.2, -0.15) is 0 Å². The van der Waals surface area contributed by atoms with Crippen molar-refractivity contribution in [2.24, 2.45) is 22.7 Å². The number of epoxide rings is 1. The molecule has 3 fully saturated rings. The Kier molecular flexibility index (Phi) is 5.33. The van der Waals surface area contributed by atoms with E-state index in [1.54, 1.807) is 0 Å². The van der Waals surface area contributed by atoms with Crippen molar-refractivity contribution in [1.82, 2.24) is 0 Å². The van der Waals surface area contributed by atoms with Crippen LogP contribution in [0.25, 0.3) is 0 Å². The summed E-state index contributed by atoms with van der Waals surface area (Å²) in [6.07, 6.45) is 6.87. The Morgan fingerprint density at radius 2 is 1.87 bits per heavy atom. The molecule has 0 unspecified atom stereocenters. The zero-order valence-corrected chi connectivity index (χ0v) is 19.2. The third-order valence-corrected chi connectivity index (χ3v) is 8.80. The molecule has 2 aliphatic heterocycles. The second-order valence-electron chi connectivity index (χ2n) is 10.5. The van der Waals surface area contributed by atoms with Crippen molar-refractivity contribution in [2.75, 3.05) is 0 Å². The molecular weight excluding hydrogens is 384 g/mol. The third kappa shape index (κ3) is 3.40. The standard InChI is InChI=1S/C24H36O6/c1-14-8-7-9-18-22(14,5)11-10-15(2)23(18,6)12-19-24(30-19)13-20(27-16(3)25)29-21(24)28-17(4)26/h8,15,18-21H,7,9-13H2,1-6H3/t15-,18+,19-,20+,21-,22+,23+,24-/m1/s1. The average molecular weight is 421 g/mol. The molecule has 168 valence electrons. The van der Waals surface area contributed by atoms with Crippen LogP contribution < -0.4 is 0 Å². The predicted octanol–water partition coefficient (Wildman–Crippen LogP) is 4.51. The van der Waals surface area contributed by atoms with Gasteiger partial charge < -0.3 is 14.2 Å². The molecule has 0 aromatic heterocycles. The maximum Gasteiger partial charge on any atom is 0.305 e. The molecular formula is C24H36O6. The SMILES string of the molecule is CC(=O)O[C@@H]1C[C@]2(O[C@@H]2C[C@@]2(C)[C@H](C)CC[C@@]3(C)C(C)=CCC[C@H]23)[C@H](OC(C)=O)O1. The van der Waals surface area contributed by atoms with E-state index >= 15 is 0 Å². The first-order valence-corrected chi connectivity index (χ1v) is 11.4. The topological polar surface area (TPSA) is 74.4 Å². The van der Waals surface area contributed by atoms with Crippen LogP contribution in [0.2, 0.25) is 0 Å². The molecule has 0 aromatic rings. The van der Waals surface area contributed by atoms with Gasteiger partial charge in [0, 0.05) is 20.3 Å². The van der Waals surface area contributed by atoms with Crippen LogP contribution in [0.3, 0.4) is 0 Å². The molecule has 2 aliphatic carbocycles. The van der Waals surface area contributed by atoms with Crippen molar-refractivity contribution < 1.29 is 28.5 Å². The van der Waals surface area contributed by atoms with Gasteiger partial charge in [-0.15, -0.1) is 0 Å². The highest BCUT2D eigenvalue weighted by molar-refractivity contribution is 5.66. The molecule has 0 aromatic carbocycles. The summed E-state index contributed by atoms with van der Waals surface area (Å²) >= 11 is 0. The number of rotatable bonds is 4. The maximum absolute atomic E-state index is 11.7. The Morgan fingerprint density at radius 1 is 1.17 bits per heavy atom. The Balaban J connectivity index is 1.55. The first-order chi connectivity index (χ1) is 14.0. The smallest absolute Gasteiger partial charge is 0.305 e. The molecule has 6 heteroatoms. The number of allylic oxidation sites excluding steroid dienone is 2. The van der Waals surface area contributed by atoms with Gasteiger partial charge in [-0.3, -0.25) is 14.3 Å². The third-order valence-electron chi connectivity index (χ3n) is 8.80. The van der Waals surface area contributed by atoms with Gasteiger partial charge in [-0.05, 0) is 61.7 Å². The van der Waals surface area contributed by atoms with E-state index in [9.17, 15) is 9.59 Å². The van der Waals surface area contributed by atoms with Gasteiger partial charge in [0.05, 0.1) is 6.10 Å². The lowest BCUT2D eigenvalue weighted by Crippen LogP contribution is -2.50. The average Bonchev–Trinajstić information content (AvgIpc) is 3.20. The first kappa shape index (κ1) is 21.8.